The largest absolute Gasteiger partial charge is 0.295 e. The standard InChI is InChI=1S/C51H36N3Si2/c1-4-21-38(22-5-1)55-46-32-16-12-28-42(46)54(43-29-13-17-33-47(43)55)51-41-27-11-10-20-37(41)36-50(52-51)53-44-30-14-18-34-48(44)56(39-23-6-2-7-24-39,40-25-8-3-9-26-40)49-35-19-15-31-45(49)53/h1-36H. The Morgan fingerprint density at radius 1 is 0.393 bits per heavy atom. The molecule has 9 aromatic rings. The Hall–Kier alpha value is -6.80. The molecule has 0 unspecified atom stereocenters. The van der Waals surface area contributed by atoms with Crippen molar-refractivity contribution in [2.45, 2.75) is 0 Å². The Labute approximate surface area is 330 Å². The summed E-state index contributed by atoms with van der Waals surface area (Å²) in [4.78, 5) is 10.7. The Kier molecular flexibility index (Phi) is 7.69. The van der Waals surface area contributed by atoms with Gasteiger partial charge in [-0.05, 0) is 66.8 Å². The molecule has 0 saturated carbocycles. The van der Waals surface area contributed by atoms with Gasteiger partial charge in [0.05, 0.1) is 0 Å². The Bertz CT molecular complexity index is 2760. The summed E-state index contributed by atoms with van der Waals surface area (Å²) in [5, 5.41) is 11.8. The number of aromatic nitrogens is 1. The van der Waals surface area contributed by atoms with E-state index in [1.54, 1.807) is 0 Å². The summed E-state index contributed by atoms with van der Waals surface area (Å²) in [5.74, 6) is 1.83. The van der Waals surface area contributed by atoms with E-state index in [9.17, 15) is 0 Å². The zero-order valence-corrected chi connectivity index (χ0v) is 32.6. The molecule has 0 atom stereocenters. The van der Waals surface area contributed by atoms with Crippen molar-refractivity contribution >= 4 is 98.3 Å². The molecule has 0 fully saturated rings. The van der Waals surface area contributed by atoms with Crippen LogP contribution in [0.4, 0.5) is 34.4 Å². The Morgan fingerprint density at radius 3 is 1.41 bits per heavy atom. The maximum atomic E-state index is 5.81. The molecule has 1 aromatic heterocycles. The first-order valence-corrected chi connectivity index (χ1v) is 22.7. The minimum atomic E-state index is -2.76. The summed E-state index contributed by atoms with van der Waals surface area (Å²) in [7, 11) is -4.04. The first-order valence-electron chi connectivity index (χ1n) is 19.2. The van der Waals surface area contributed by atoms with Gasteiger partial charge in [-0.2, -0.15) is 0 Å². The van der Waals surface area contributed by atoms with Crippen LogP contribution in [0.1, 0.15) is 0 Å². The van der Waals surface area contributed by atoms with Crippen molar-refractivity contribution in [3.8, 4) is 0 Å². The lowest BCUT2D eigenvalue weighted by Gasteiger charge is -2.45. The van der Waals surface area contributed by atoms with Crippen LogP contribution in [-0.4, -0.2) is 21.9 Å². The molecule has 1 radical (unpaired) electrons. The number of benzene rings is 8. The molecule has 0 spiro atoms. The highest BCUT2D eigenvalue weighted by Crippen LogP contribution is 2.43. The van der Waals surface area contributed by atoms with Crippen LogP contribution < -0.4 is 46.1 Å². The van der Waals surface area contributed by atoms with E-state index in [2.05, 4.69) is 228 Å². The van der Waals surface area contributed by atoms with Crippen LogP contribution in [0.2, 0.25) is 0 Å². The second-order valence-corrected chi connectivity index (χ2v) is 20.6. The number of fused-ring (bicyclic) bond motifs is 5. The first kappa shape index (κ1) is 32.6. The molecule has 11 rings (SSSR count). The lowest BCUT2D eigenvalue weighted by Crippen LogP contribution is -2.77. The fraction of sp³-hybridized carbons (Fsp3) is 0. The molecule has 263 valence electrons. The lowest BCUT2D eigenvalue weighted by molar-refractivity contribution is 1.15. The normalized spacial score (nSPS) is 14.1. The molecule has 0 saturated heterocycles. The number of rotatable bonds is 5. The van der Waals surface area contributed by atoms with Gasteiger partial charge < -0.3 is 0 Å². The van der Waals surface area contributed by atoms with E-state index in [1.165, 1.54) is 59.1 Å². The molecule has 5 heteroatoms. The van der Waals surface area contributed by atoms with Gasteiger partial charge in [0.1, 0.15) is 11.6 Å². The molecular weight excluding hydrogens is 711 g/mol. The predicted molar refractivity (Wildman–Crippen MR) is 239 cm³/mol. The molecule has 2 aliphatic rings. The van der Waals surface area contributed by atoms with Crippen LogP contribution in [0, 0.1) is 0 Å². The third-order valence-corrected chi connectivity index (χ3v) is 19.2. The van der Waals surface area contributed by atoms with Crippen molar-refractivity contribution in [1.82, 2.24) is 4.98 Å². The number of para-hydroxylation sites is 4. The molecular formula is C51H36N3Si2. The number of hydrogen-bond donors (Lipinski definition) is 0. The number of hydrogen-bond acceptors (Lipinski definition) is 3. The molecule has 8 aromatic carbocycles. The topological polar surface area (TPSA) is 19.4 Å². The van der Waals surface area contributed by atoms with Crippen LogP contribution in [-0.2, 0) is 0 Å². The summed E-state index contributed by atoms with van der Waals surface area (Å²) < 4.78 is 0. The van der Waals surface area contributed by atoms with Gasteiger partial charge in [0.2, 0.25) is 0 Å². The third-order valence-electron chi connectivity index (χ3n) is 11.6. The average Bonchev–Trinajstić information content (AvgIpc) is 3.28. The van der Waals surface area contributed by atoms with E-state index in [-0.39, 0.29) is 0 Å². The van der Waals surface area contributed by atoms with Gasteiger partial charge in [-0.15, -0.1) is 0 Å². The average molecular weight is 747 g/mol. The van der Waals surface area contributed by atoms with E-state index in [0.29, 0.717) is 0 Å². The number of pyridine rings is 1. The molecule has 3 nitrogen and oxygen atoms in total. The van der Waals surface area contributed by atoms with E-state index < -0.39 is 16.9 Å². The first-order chi connectivity index (χ1) is 27.8. The van der Waals surface area contributed by atoms with Gasteiger partial charge in [-0.1, -0.05) is 193 Å². The van der Waals surface area contributed by atoms with E-state index in [1.807, 2.05) is 0 Å². The van der Waals surface area contributed by atoms with Gasteiger partial charge in [0, 0.05) is 28.1 Å². The SMILES string of the molecule is c1ccc([Si]2c3ccccc3N(c3nc(N4c5ccccc5[Si](c5ccccc5)(c5ccccc5)c5ccccc54)cc4ccccc34)c3ccccc32)cc1. The summed E-state index contributed by atoms with van der Waals surface area (Å²) >= 11 is 0. The highest BCUT2D eigenvalue weighted by atomic mass is 28.3. The van der Waals surface area contributed by atoms with Gasteiger partial charge >= 0.3 is 0 Å². The van der Waals surface area contributed by atoms with Crippen molar-refractivity contribution in [3.63, 3.8) is 0 Å². The molecule has 0 N–H and O–H groups in total. The van der Waals surface area contributed by atoms with E-state index in [4.69, 9.17) is 4.98 Å². The second-order valence-electron chi connectivity index (χ2n) is 14.5. The van der Waals surface area contributed by atoms with Gasteiger partial charge in [-0.3, -0.25) is 9.80 Å². The van der Waals surface area contributed by atoms with E-state index >= 15 is 0 Å². The van der Waals surface area contributed by atoms with Crippen LogP contribution >= 0.6 is 0 Å². The minimum Gasteiger partial charge on any atom is -0.295 e. The molecule has 0 amide bonds. The van der Waals surface area contributed by atoms with Gasteiger partial charge in [0.15, 0.2) is 16.9 Å². The maximum absolute atomic E-state index is 5.81. The highest BCUT2D eigenvalue weighted by Gasteiger charge is 2.49. The quantitative estimate of drug-likeness (QED) is 0.169. The fourth-order valence-corrected chi connectivity index (χ4v) is 17.3. The van der Waals surface area contributed by atoms with Crippen molar-refractivity contribution in [3.05, 3.63) is 218 Å². The van der Waals surface area contributed by atoms with Crippen LogP contribution in [0.25, 0.3) is 10.8 Å². The Morgan fingerprint density at radius 2 is 0.839 bits per heavy atom. The van der Waals surface area contributed by atoms with Gasteiger partial charge in [-0.25, -0.2) is 4.98 Å². The van der Waals surface area contributed by atoms with E-state index in [0.717, 1.165) is 22.4 Å². The molecule has 56 heavy (non-hydrogen) atoms. The summed E-state index contributed by atoms with van der Waals surface area (Å²) in [6, 6.07) is 80.6. The number of anilines is 6. The monoisotopic (exact) mass is 746 g/mol. The minimum absolute atomic E-state index is 0.899. The van der Waals surface area contributed by atoms with Crippen LogP contribution in [0.3, 0.4) is 0 Å². The molecule has 3 heterocycles. The van der Waals surface area contributed by atoms with Crippen LogP contribution in [0.5, 0.6) is 0 Å². The molecule has 2 aliphatic heterocycles. The van der Waals surface area contributed by atoms with Crippen molar-refractivity contribution in [2.24, 2.45) is 0 Å². The highest BCUT2D eigenvalue weighted by molar-refractivity contribution is 7.21. The third kappa shape index (κ3) is 4.85. The lowest BCUT2D eigenvalue weighted by atomic mass is 10.1. The van der Waals surface area contributed by atoms with Crippen LogP contribution in [0.15, 0.2) is 218 Å². The summed E-state index contributed by atoms with van der Waals surface area (Å²) in [5.41, 5.74) is 4.73. The molecule has 0 bridgehead atoms. The summed E-state index contributed by atoms with van der Waals surface area (Å²) in [6.07, 6.45) is 0. The predicted octanol–water partition coefficient (Wildman–Crippen LogP) is 7.69. The fourth-order valence-electron chi connectivity index (χ4n) is 9.29. The van der Waals surface area contributed by atoms with Crippen molar-refractivity contribution < 1.29 is 0 Å². The summed E-state index contributed by atoms with van der Waals surface area (Å²) in [6.45, 7) is 0. The maximum Gasteiger partial charge on any atom is 0.184 e. The zero-order valence-electron chi connectivity index (χ0n) is 30.6. The van der Waals surface area contributed by atoms with Gasteiger partial charge in [0.25, 0.3) is 0 Å². The number of nitrogens with zero attached hydrogens (tertiary/aromatic N) is 3. The van der Waals surface area contributed by atoms with Crippen molar-refractivity contribution in [1.29, 1.82) is 0 Å². The molecule has 0 aliphatic carbocycles. The van der Waals surface area contributed by atoms with Crippen molar-refractivity contribution in [2.75, 3.05) is 9.80 Å². The zero-order chi connectivity index (χ0) is 37.1. The second kappa shape index (κ2) is 13.2. The smallest absolute Gasteiger partial charge is 0.184 e. The Balaban J connectivity index is 1.19.